The quantitative estimate of drug-likeness (QED) is 0.124. The van der Waals surface area contributed by atoms with Gasteiger partial charge in [-0.05, 0) is 68.7 Å². The van der Waals surface area contributed by atoms with E-state index in [4.69, 9.17) is 20.3 Å². The van der Waals surface area contributed by atoms with Gasteiger partial charge in [0.15, 0.2) is 0 Å². The minimum Gasteiger partial charge on any atom is -0.411 e. The number of thioether (sulfide) groups is 1. The van der Waals surface area contributed by atoms with Gasteiger partial charge in [0.05, 0.1) is 57.1 Å². The zero-order valence-electron chi connectivity index (χ0n) is 30.0. The molecule has 17 nitrogen and oxygen atoms in total. The molecule has 6 aromatic heterocycles. The fraction of sp³-hybridized carbons (Fsp3) is 0.412. The van der Waals surface area contributed by atoms with Crippen LogP contribution in [0.3, 0.4) is 0 Å². The first-order chi connectivity index (χ1) is 25.2. The SMILES string of the molecule is CSc1nnc(-c2cc3c(N[C@H](C)C4(C)CC4)c(C(N)=O)cnn3c2)o1.C[C@@H](Nc1c(C(N)=O)cnn2cc(-c3nnc(S(C)=O)o3)cc12)C1(C)CC1. The van der Waals surface area contributed by atoms with Gasteiger partial charge in [-0.3, -0.25) is 9.59 Å². The molecule has 2 amide bonds. The molecule has 0 aliphatic heterocycles. The Morgan fingerprint density at radius 2 is 1.26 bits per heavy atom. The van der Waals surface area contributed by atoms with Crippen LogP contribution in [0.2, 0.25) is 0 Å². The molecule has 3 atom stereocenters. The molecule has 2 saturated carbocycles. The van der Waals surface area contributed by atoms with Gasteiger partial charge in [0.25, 0.3) is 17.0 Å². The van der Waals surface area contributed by atoms with Crippen LogP contribution in [-0.2, 0) is 10.8 Å². The molecular weight excluding hydrogens is 721 g/mol. The first-order valence-electron chi connectivity index (χ1n) is 16.9. The molecule has 6 heterocycles. The van der Waals surface area contributed by atoms with Gasteiger partial charge in [-0.25, -0.2) is 13.2 Å². The van der Waals surface area contributed by atoms with E-state index in [0.717, 1.165) is 23.9 Å². The highest BCUT2D eigenvalue weighted by molar-refractivity contribution is 7.98. The van der Waals surface area contributed by atoms with E-state index in [1.807, 2.05) is 12.3 Å². The van der Waals surface area contributed by atoms with Crippen molar-refractivity contribution in [3.05, 3.63) is 48.0 Å². The molecule has 0 bridgehead atoms. The number of fused-ring (bicyclic) bond motifs is 2. The molecule has 6 aromatic rings. The van der Waals surface area contributed by atoms with Crippen molar-refractivity contribution in [3.63, 3.8) is 0 Å². The van der Waals surface area contributed by atoms with E-state index in [2.05, 4.69) is 68.9 Å². The van der Waals surface area contributed by atoms with Gasteiger partial charge in [0, 0.05) is 30.7 Å². The molecule has 6 N–H and O–H groups in total. The Labute approximate surface area is 310 Å². The predicted octanol–water partition coefficient (Wildman–Crippen LogP) is 4.63. The average molecular weight is 761 g/mol. The molecule has 53 heavy (non-hydrogen) atoms. The largest absolute Gasteiger partial charge is 0.411 e. The highest BCUT2D eigenvalue weighted by Crippen LogP contribution is 2.50. The second-order valence-electron chi connectivity index (χ2n) is 14.2. The summed E-state index contributed by atoms with van der Waals surface area (Å²) in [7, 11) is -1.36. The van der Waals surface area contributed by atoms with E-state index in [1.54, 1.807) is 27.5 Å². The van der Waals surface area contributed by atoms with Gasteiger partial charge in [-0.1, -0.05) is 30.7 Å². The van der Waals surface area contributed by atoms with Crippen molar-refractivity contribution >= 4 is 56.8 Å². The summed E-state index contributed by atoms with van der Waals surface area (Å²) >= 11 is 1.38. The molecule has 0 radical (unpaired) electrons. The van der Waals surface area contributed by atoms with Crippen molar-refractivity contribution in [1.82, 2.24) is 39.6 Å². The lowest BCUT2D eigenvalue weighted by molar-refractivity contribution is 0.0992. The molecule has 1 unspecified atom stereocenters. The van der Waals surface area contributed by atoms with E-state index in [-0.39, 0.29) is 34.0 Å². The minimum atomic E-state index is -1.36. The Hall–Kier alpha value is -5.30. The summed E-state index contributed by atoms with van der Waals surface area (Å²) in [6.45, 7) is 8.67. The third-order valence-corrected chi connectivity index (χ3v) is 11.6. The lowest BCUT2D eigenvalue weighted by Gasteiger charge is -2.23. The first-order valence-corrected chi connectivity index (χ1v) is 19.7. The molecule has 0 spiro atoms. The van der Waals surface area contributed by atoms with Gasteiger partial charge in [-0.2, -0.15) is 10.2 Å². The summed E-state index contributed by atoms with van der Waals surface area (Å²) in [6, 6.07) is 4.04. The number of amides is 2. The van der Waals surface area contributed by atoms with Crippen molar-refractivity contribution in [2.24, 2.45) is 22.3 Å². The molecule has 2 fully saturated rings. The van der Waals surface area contributed by atoms with Crippen LogP contribution in [0.5, 0.6) is 0 Å². The maximum Gasteiger partial charge on any atom is 0.307 e. The third kappa shape index (κ3) is 7.09. The standard InChI is InChI=1S/C17H20N6O3S.C17H20N6O2S/c1-9(17(2)4-5-17)20-13-11(14(18)24)7-19-23-8-10(6-12(13)23)15-21-22-16(26-15)27(3)25;1-9(17(2)4-5-17)20-13-11(14(18)24)7-19-23-8-10(6-12(13)23)15-21-22-16(25-15)26-3/h6-9,20H,4-5H2,1-3H3,(H2,18,24);6-9,20H,4-5H2,1-3H3,(H2,18,24)/t9-,27?;9-/m11/s1. The fourth-order valence-corrected chi connectivity index (χ4v) is 6.55. The van der Waals surface area contributed by atoms with Crippen LogP contribution in [0, 0.1) is 10.8 Å². The Kier molecular flexibility index (Phi) is 9.25. The summed E-state index contributed by atoms with van der Waals surface area (Å²) < 4.78 is 25.9. The van der Waals surface area contributed by atoms with Crippen LogP contribution < -0.4 is 22.1 Å². The van der Waals surface area contributed by atoms with Crippen LogP contribution in [0.1, 0.15) is 74.1 Å². The lowest BCUT2D eigenvalue weighted by atomic mass is 10.00. The first kappa shape index (κ1) is 36.1. The number of anilines is 2. The van der Waals surface area contributed by atoms with Gasteiger partial charge in [-0.15, -0.1) is 15.3 Å². The number of rotatable bonds is 12. The second-order valence-corrected chi connectivity index (χ2v) is 16.2. The van der Waals surface area contributed by atoms with Crippen molar-refractivity contribution in [2.75, 3.05) is 23.1 Å². The Bertz CT molecular complexity index is 2390. The third-order valence-electron chi connectivity index (χ3n) is 10.4. The summed E-state index contributed by atoms with van der Waals surface area (Å²) in [5, 5.41) is 31.8. The molecule has 0 aromatic carbocycles. The Morgan fingerprint density at radius 1 is 0.811 bits per heavy atom. The smallest absolute Gasteiger partial charge is 0.307 e. The number of nitrogens with one attached hydrogen (secondary N) is 2. The number of hydrogen-bond acceptors (Lipinski definition) is 14. The van der Waals surface area contributed by atoms with Gasteiger partial charge in [0.1, 0.15) is 10.8 Å². The van der Waals surface area contributed by atoms with Crippen LogP contribution in [0.25, 0.3) is 33.9 Å². The summed E-state index contributed by atoms with van der Waals surface area (Å²) in [4.78, 5) is 23.8. The maximum absolute atomic E-state index is 11.9. The second kappa shape index (κ2) is 13.6. The molecule has 2 aliphatic carbocycles. The van der Waals surface area contributed by atoms with Gasteiger partial charge >= 0.3 is 5.22 Å². The van der Waals surface area contributed by atoms with Crippen LogP contribution in [0.4, 0.5) is 11.4 Å². The molecular formula is C34H40N12O5S2. The number of aromatic nitrogens is 8. The van der Waals surface area contributed by atoms with Crippen molar-refractivity contribution < 1.29 is 22.6 Å². The highest BCUT2D eigenvalue weighted by Gasteiger charge is 2.44. The summed E-state index contributed by atoms with van der Waals surface area (Å²) in [5.74, 6) is -0.418. The monoisotopic (exact) mass is 760 g/mol. The molecule has 278 valence electrons. The Balaban J connectivity index is 0.000000164. The topological polar surface area (TPSA) is 240 Å². The number of nitrogens with two attached hydrogens (primary N) is 2. The molecule has 19 heteroatoms. The van der Waals surface area contributed by atoms with Gasteiger partial charge in [0.2, 0.25) is 11.8 Å². The van der Waals surface area contributed by atoms with Crippen molar-refractivity contribution in [3.8, 4) is 22.9 Å². The number of primary amides is 2. The van der Waals surface area contributed by atoms with E-state index in [0.29, 0.717) is 44.7 Å². The molecule has 2 aliphatic rings. The van der Waals surface area contributed by atoms with E-state index < -0.39 is 22.6 Å². The predicted molar refractivity (Wildman–Crippen MR) is 199 cm³/mol. The lowest BCUT2D eigenvalue weighted by Crippen LogP contribution is -2.27. The highest BCUT2D eigenvalue weighted by atomic mass is 32.2. The minimum absolute atomic E-state index is 0.0552. The maximum atomic E-state index is 11.9. The van der Waals surface area contributed by atoms with Gasteiger partial charge < -0.3 is 30.9 Å². The zero-order valence-corrected chi connectivity index (χ0v) is 31.7. The number of carbonyl (C=O) groups is 2. The zero-order chi connectivity index (χ0) is 37.8. The molecule has 8 rings (SSSR count). The fourth-order valence-electron chi connectivity index (χ4n) is 5.92. The molecule has 0 saturated heterocycles. The summed E-state index contributed by atoms with van der Waals surface area (Å²) in [6.07, 6.45) is 14.4. The van der Waals surface area contributed by atoms with E-state index >= 15 is 0 Å². The van der Waals surface area contributed by atoms with Crippen LogP contribution in [-0.4, -0.2) is 80.2 Å². The van der Waals surface area contributed by atoms with Crippen molar-refractivity contribution in [2.45, 2.75) is 75.9 Å². The normalized spacial score (nSPS) is 17.1. The number of carbonyl (C=O) groups excluding carboxylic acids is 2. The Morgan fingerprint density at radius 3 is 1.64 bits per heavy atom. The van der Waals surface area contributed by atoms with E-state index in [9.17, 15) is 13.8 Å². The van der Waals surface area contributed by atoms with Crippen LogP contribution in [0.15, 0.2) is 56.2 Å². The van der Waals surface area contributed by atoms with Crippen LogP contribution >= 0.6 is 11.8 Å². The number of hydrogen-bond donors (Lipinski definition) is 4. The van der Waals surface area contributed by atoms with E-state index in [1.165, 1.54) is 43.3 Å². The number of nitrogens with zero attached hydrogens (tertiary/aromatic N) is 8. The van der Waals surface area contributed by atoms with Crippen molar-refractivity contribution in [1.29, 1.82) is 0 Å². The summed E-state index contributed by atoms with van der Waals surface area (Å²) in [5.41, 5.74) is 16.4. The average Bonchev–Trinajstić information content (AvgIpc) is 3.67.